The van der Waals surface area contributed by atoms with Gasteiger partial charge in [0.15, 0.2) is 0 Å². The molecule has 49 heavy (non-hydrogen) atoms. The van der Waals surface area contributed by atoms with E-state index in [2.05, 4.69) is 41.8 Å². The summed E-state index contributed by atoms with van der Waals surface area (Å²) in [6, 6.07) is 20.2. The van der Waals surface area contributed by atoms with Gasteiger partial charge in [-0.3, -0.25) is 19.6 Å². The molecule has 0 atom stereocenters. The maximum Gasteiger partial charge on any atom is 2.00 e. The summed E-state index contributed by atoms with van der Waals surface area (Å²) in [7, 11) is 0. The van der Waals surface area contributed by atoms with E-state index in [1.54, 1.807) is 95.3 Å². The average Bonchev–Trinajstić information content (AvgIpc) is 3.07. The standard InChI is InChI=1S/2C10H14N2O.2C7H5BrO2.2H2O.Zn/c2*1-3-12(4-2)10(13)9-6-5-7-11-8-9;2*8-6-4-2-1-3-5(6)7(9)10;;;/h2*5-8H,3-4H2,1-2H3;2*1-4H,(H,9,10);2*1H2;/q;;;;;;+2. The number of aromatic nitrogens is 2. The van der Waals surface area contributed by atoms with Crippen molar-refractivity contribution < 1.29 is 59.8 Å². The van der Waals surface area contributed by atoms with Crippen LogP contribution in [0.5, 0.6) is 0 Å². The van der Waals surface area contributed by atoms with Crippen LogP contribution in [0.1, 0.15) is 69.1 Å². The zero-order chi connectivity index (χ0) is 34.5. The molecule has 0 saturated heterocycles. The number of pyridine rings is 2. The maximum atomic E-state index is 11.7. The summed E-state index contributed by atoms with van der Waals surface area (Å²) < 4.78 is 1.10. The van der Waals surface area contributed by atoms with E-state index >= 15 is 0 Å². The summed E-state index contributed by atoms with van der Waals surface area (Å²) in [6.45, 7) is 10.8. The number of halogens is 2. The molecule has 2 aromatic heterocycles. The number of hydrogen-bond acceptors (Lipinski definition) is 8. The van der Waals surface area contributed by atoms with Gasteiger partial charge in [0.2, 0.25) is 0 Å². The summed E-state index contributed by atoms with van der Waals surface area (Å²) in [5, 5.41) is 20.6. The minimum Gasteiger partial charge on any atom is -0.545 e. The minimum atomic E-state index is -1.16. The fraction of sp³-hybridized carbons (Fsp3) is 0.235. The third-order valence-corrected chi connectivity index (χ3v) is 7.49. The van der Waals surface area contributed by atoms with Crippen molar-refractivity contribution in [1.82, 2.24) is 19.8 Å². The molecule has 0 radical (unpaired) electrons. The van der Waals surface area contributed by atoms with Crippen LogP contribution in [0, 0.1) is 0 Å². The second-order valence-electron chi connectivity index (χ2n) is 8.97. The summed E-state index contributed by atoms with van der Waals surface area (Å²) in [5.41, 5.74) is 1.68. The van der Waals surface area contributed by atoms with Crippen molar-refractivity contribution in [2.75, 3.05) is 26.2 Å². The molecule has 2 amide bonds. The predicted molar refractivity (Wildman–Crippen MR) is 190 cm³/mol. The van der Waals surface area contributed by atoms with Crippen LogP contribution in [0.4, 0.5) is 0 Å². The Hall–Kier alpha value is -3.88. The van der Waals surface area contributed by atoms with Crippen molar-refractivity contribution in [3.63, 3.8) is 0 Å². The van der Waals surface area contributed by atoms with E-state index in [0.717, 1.165) is 26.2 Å². The number of nitrogens with zero attached hydrogens (tertiary/aromatic N) is 4. The largest absolute Gasteiger partial charge is 2.00 e. The van der Waals surface area contributed by atoms with Crippen molar-refractivity contribution in [1.29, 1.82) is 0 Å². The van der Waals surface area contributed by atoms with Crippen LogP contribution in [-0.2, 0) is 30.4 Å². The van der Waals surface area contributed by atoms with Gasteiger partial charge in [0.05, 0.1) is 23.1 Å². The van der Waals surface area contributed by atoms with E-state index in [4.69, 9.17) is 0 Å². The van der Waals surface area contributed by atoms with Crippen LogP contribution in [0.15, 0.2) is 107 Å². The molecule has 0 saturated carbocycles. The second-order valence-corrected chi connectivity index (χ2v) is 10.7. The van der Waals surface area contributed by atoms with Crippen molar-refractivity contribution in [2.24, 2.45) is 0 Å². The monoisotopic (exact) mass is 856 g/mol. The van der Waals surface area contributed by atoms with Crippen molar-refractivity contribution in [3.05, 3.63) is 129 Å². The molecule has 0 aliphatic carbocycles. The molecule has 0 spiro atoms. The number of carbonyl (C=O) groups is 4. The van der Waals surface area contributed by atoms with Gasteiger partial charge in [-0.15, -0.1) is 0 Å². The number of carboxylic acid groups (broad SMARTS) is 2. The van der Waals surface area contributed by atoms with Crippen LogP contribution < -0.4 is 10.2 Å². The van der Waals surface area contributed by atoms with Gasteiger partial charge in [-0.2, -0.15) is 0 Å². The Bertz CT molecular complexity index is 1410. The van der Waals surface area contributed by atoms with Crippen molar-refractivity contribution in [2.45, 2.75) is 27.7 Å². The third-order valence-electron chi connectivity index (χ3n) is 6.11. The van der Waals surface area contributed by atoms with Crippen LogP contribution in [-0.4, -0.2) is 69.7 Å². The zero-order valence-electron chi connectivity index (χ0n) is 27.9. The first-order valence-electron chi connectivity index (χ1n) is 14.3. The van der Waals surface area contributed by atoms with E-state index in [0.29, 0.717) is 20.1 Å². The van der Waals surface area contributed by atoms with Gasteiger partial charge in [0.1, 0.15) is 0 Å². The fourth-order valence-electron chi connectivity index (χ4n) is 3.62. The number of carbonyl (C=O) groups excluding carboxylic acids is 4. The molecule has 0 aliphatic heterocycles. The Morgan fingerprint density at radius 2 is 0.878 bits per heavy atom. The summed E-state index contributed by atoms with van der Waals surface area (Å²) in [6.07, 6.45) is 6.53. The molecule has 12 nitrogen and oxygen atoms in total. The molecule has 0 unspecified atom stereocenters. The third kappa shape index (κ3) is 17.9. The number of amides is 2. The summed E-state index contributed by atoms with van der Waals surface area (Å²) >= 11 is 6.15. The molecule has 15 heteroatoms. The van der Waals surface area contributed by atoms with Gasteiger partial charge < -0.3 is 40.6 Å². The quantitative estimate of drug-likeness (QED) is 0.189. The van der Waals surface area contributed by atoms with Crippen molar-refractivity contribution in [3.8, 4) is 0 Å². The van der Waals surface area contributed by atoms with E-state index in [9.17, 15) is 29.4 Å². The van der Waals surface area contributed by atoms with Crippen LogP contribution in [0.2, 0.25) is 0 Å². The van der Waals surface area contributed by atoms with Gasteiger partial charge in [-0.05, 0) is 64.1 Å². The smallest absolute Gasteiger partial charge is 0.545 e. The van der Waals surface area contributed by atoms with Gasteiger partial charge in [0, 0.05) is 71.0 Å². The maximum absolute atomic E-state index is 11.7. The molecule has 260 valence electrons. The Labute approximate surface area is 316 Å². The number of carboxylic acids is 2. The first-order chi connectivity index (χ1) is 22.0. The van der Waals surface area contributed by atoms with E-state index in [1.807, 2.05) is 27.7 Å². The van der Waals surface area contributed by atoms with Gasteiger partial charge >= 0.3 is 19.5 Å². The fourth-order valence-corrected chi connectivity index (χ4v) is 4.51. The topological polar surface area (TPSA) is 213 Å². The molecule has 0 bridgehead atoms. The van der Waals surface area contributed by atoms with E-state index in [1.165, 1.54) is 12.1 Å². The van der Waals surface area contributed by atoms with Gasteiger partial charge in [-0.1, -0.05) is 68.3 Å². The number of rotatable bonds is 8. The first-order valence-corrected chi connectivity index (χ1v) is 15.9. The van der Waals surface area contributed by atoms with Gasteiger partial charge in [-0.25, -0.2) is 0 Å². The Morgan fingerprint density at radius 3 is 1.08 bits per heavy atom. The zero-order valence-corrected chi connectivity index (χ0v) is 34.1. The molecular weight excluding hydrogens is 818 g/mol. The van der Waals surface area contributed by atoms with Gasteiger partial charge in [0.25, 0.3) is 11.8 Å². The van der Waals surface area contributed by atoms with Crippen LogP contribution >= 0.6 is 31.9 Å². The normalized spacial score (nSPS) is 8.94. The molecule has 2 heterocycles. The molecule has 0 fully saturated rings. The van der Waals surface area contributed by atoms with Crippen molar-refractivity contribution >= 4 is 55.6 Å². The summed E-state index contributed by atoms with van der Waals surface area (Å²) in [4.78, 5) is 55.3. The first kappa shape index (κ1) is 49.5. The molecule has 4 rings (SSSR count). The number of hydrogen-bond donors (Lipinski definition) is 0. The summed E-state index contributed by atoms with van der Waals surface area (Å²) in [5.74, 6) is -2.21. The molecule has 0 aliphatic rings. The van der Waals surface area contributed by atoms with Crippen LogP contribution in [0.3, 0.4) is 0 Å². The Morgan fingerprint density at radius 1 is 0.571 bits per heavy atom. The number of benzene rings is 2. The van der Waals surface area contributed by atoms with E-state index < -0.39 is 11.9 Å². The average molecular weight is 860 g/mol. The molecule has 4 aromatic rings. The molecular formula is C34H42Br2N4O8Zn+2. The SMILES string of the molecule is CCN(CC)C(=O)c1cccnc1.CCN(CC)C(=O)c1cccnc1.O=C([O-])c1ccccc1Br.O=C([O-])c1ccccc1Br.[OH3+].[OH3+].[Zn+2]. The van der Waals surface area contributed by atoms with Crippen LogP contribution in [0.25, 0.3) is 0 Å². The Kier molecular flexibility index (Phi) is 28.3. The minimum absolute atomic E-state index is 0. The predicted octanol–water partition coefficient (Wildman–Crippen LogP) is 2.91. The second kappa shape index (κ2) is 28.0. The molecule has 2 aromatic carbocycles. The van der Waals surface area contributed by atoms with E-state index in [-0.39, 0.29) is 53.4 Å². The Balaban J connectivity index is -0.000000568. The number of aromatic carboxylic acids is 2. The molecule has 6 N–H and O–H groups in total.